The molecule has 1 nitrogen and oxygen atoms in total. The van der Waals surface area contributed by atoms with Crippen LogP contribution in [0, 0.1) is 18.7 Å². The minimum atomic E-state index is -0.133. The van der Waals surface area contributed by atoms with E-state index < -0.39 is 0 Å². The molecular weight excluding hydrogens is 213 g/mol. The second-order valence-corrected chi connectivity index (χ2v) is 5.29. The largest absolute Gasteiger partial charge is 0.317 e. The van der Waals surface area contributed by atoms with Gasteiger partial charge in [-0.15, -0.1) is 0 Å². The molecule has 94 valence electrons. The highest BCUT2D eigenvalue weighted by Gasteiger charge is 2.21. The molecule has 2 rings (SSSR count). The predicted octanol–water partition coefficient (Wildman–Crippen LogP) is 3.45. The maximum absolute atomic E-state index is 13.0. The molecule has 0 heterocycles. The van der Waals surface area contributed by atoms with Gasteiger partial charge in [0.15, 0.2) is 0 Å². The van der Waals surface area contributed by atoms with Crippen LogP contribution in [0.25, 0.3) is 0 Å². The molecule has 1 aliphatic rings. The first-order valence-electron chi connectivity index (χ1n) is 6.61. The van der Waals surface area contributed by atoms with Crippen molar-refractivity contribution in [3.05, 3.63) is 35.1 Å². The van der Waals surface area contributed by atoms with Crippen LogP contribution in [-0.4, -0.2) is 13.1 Å². The van der Waals surface area contributed by atoms with Crippen LogP contribution in [0.2, 0.25) is 0 Å². The second-order valence-electron chi connectivity index (χ2n) is 5.29. The normalized spacial score (nSPS) is 17.8. The molecule has 0 bridgehead atoms. The van der Waals surface area contributed by atoms with E-state index in [0.29, 0.717) is 6.04 Å². The van der Waals surface area contributed by atoms with E-state index in [1.807, 2.05) is 20.0 Å². The summed E-state index contributed by atoms with van der Waals surface area (Å²) < 4.78 is 13.0. The van der Waals surface area contributed by atoms with Gasteiger partial charge in [-0.3, -0.25) is 0 Å². The Morgan fingerprint density at radius 2 is 2.18 bits per heavy atom. The molecule has 1 aromatic rings. The quantitative estimate of drug-likeness (QED) is 0.824. The van der Waals surface area contributed by atoms with E-state index in [2.05, 4.69) is 5.32 Å². The second kappa shape index (κ2) is 5.63. The fourth-order valence-electron chi connectivity index (χ4n) is 2.59. The lowest BCUT2D eigenvalue weighted by molar-refractivity contribution is 0.263. The van der Waals surface area contributed by atoms with Gasteiger partial charge in [0.1, 0.15) is 5.82 Å². The van der Waals surface area contributed by atoms with Crippen LogP contribution in [0.5, 0.6) is 0 Å². The van der Waals surface area contributed by atoms with E-state index in [1.165, 1.54) is 31.2 Å². The minimum absolute atomic E-state index is 0.133. The highest BCUT2D eigenvalue weighted by atomic mass is 19.1. The Balaban J connectivity index is 1.96. The number of halogens is 1. The summed E-state index contributed by atoms with van der Waals surface area (Å²) in [7, 11) is 2.03. The van der Waals surface area contributed by atoms with Crippen LogP contribution in [0.4, 0.5) is 4.39 Å². The number of rotatable bonds is 5. The molecule has 1 aliphatic carbocycles. The number of aryl methyl sites for hydroxylation is 1. The first kappa shape index (κ1) is 12.6. The SMILES string of the molecule is CNC(Cc1ccc(F)cc1C)CC1CCC1. The summed E-state index contributed by atoms with van der Waals surface area (Å²) in [4.78, 5) is 0. The Labute approximate surface area is 103 Å². The molecule has 2 heteroatoms. The molecule has 0 aromatic heterocycles. The molecule has 1 aromatic carbocycles. The first-order valence-corrected chi connectivity index (χ1v) is 6.61. The Hall–Kier alpha value is -0.890. The lowest BCUT2D eigenvalue weighted by Gasteiger charge is -2.29. The highest BCUT2D eigenvalue weighted by molar-refractivity contribution is 5.27. The van der Waals surface area contributed by atoms with Gasteiger partial charge in [0.2, 0.25) is 0 Å². The molecule has 17 heavy (non-hydrogen) atoms. The topological polar surface area (TPSA) is 12.0 Å². The van der Waals surface area contributed by atoms with Crippen molar-refractivity contribution in [3.63, 3.8) is 0 Å². The third-order valence-corrected chi connectivity index (χ3v) is 4.02. The van der Waals surface area contributed by atoms with Gasteiger partial charge in [-0.1, -0.05) is 25.3 Å². The van der Waals surface area contributed by atoms with Crippen molar-refractivity contribution in [1.29, 1.82) is 0 Å². The van der Waals surface area contributed by atoms with Crippen molar-refractivity contribution >= 4 is 0 Å². The van der Waals surface area contributed by atoms with Gasteiger partial charge in [-0.2, -0.15) is 0 Å². The maximum atomic E-state index is 13.0. The molecule has 0 amide bonds. The van der Waals surface area contributed by atoms with Crippen LogP contribution < -0.4 is 5.32 Å². The van der Waals surface area contributed by atoms with Crippen molar-refractivity contribution < 1.29 is 4.39 Å². The number of hydrogen-bond acceptors (Lipinski definition) is 1. The van der Waals surface area contributed by atoms with E-state index in [1.54, 1.807) is 12.1 Å². The zero-order chi connectivity index (χ0) is 12.3. The molecule has 1 fully saturated rings. The van der Waals surface area contributed by atoms with Crippen molar-refractivity contribution in [2.75, 3.05) is 7.05 Å². The Kier molecular flexibility index (Phi) is 4.16. The van der Waals surface area contributed by atoms with Gasteiger partial charge in [0, 0.05) is 6.04 Å². The zero-order valence-electron chi connectivity index (χ0n) is 10.8. The fourth-order valence-corrected chi connectivity index (χ4v) is 2.59. The Morgan fingerprint density at radius 3 is 2.71 bits per heavy atom. The van der Waals surface area contributed by atoms with E-state index in [0.717, 1.165) is 17.9 Å². The summed E-state index contributed by atoms with van der Waals surface area (Å²) >= 11 is 0. The molecule has 1 atom stereocenters. The third kappa shape index (κ3) is 3.29. The van der Waals surface area contributed by atoms with E-state index in [4.69, 9.17) is 0 Å². The molecule has 1 unspecified atom stereocenters. The van der Waals surface area contributed by atoms with Crippen LogP contribution in [0.3, 0.4) is 0 Å². The van der Waals surface area contributed by atoms with Gasteiger partial charge in [0.05, 0.1) is 0 Å². The Morgan fingerprint density at radius 1 is 1.41 bits per heavy atom. The third-order valence-electron chi connectivity index (χ3n) is 4.02. The molecule has 0 saturated heterocycles. The number of hydrogen-bond donors (Lipinski definition) is 1. The monoisotopic (exact) mass is 235 g/mol. The van der Waals surface area contributed by atoms with Crippen LogP contribution in [0.1, 0.15) is 36.8 Å². The molecule has 1 saturated carbocycles. The summed E-state index contributed by atoms with van der Waals surface area (Å²) in [6.45, 7) is 1.99. The van der Waals surface area contributed by atoms with Gasteiger partial charge in [-0.05, 0) is 56.0 Å². The van der Waals surface area contributed by atoms with Gasteiger partial charge in [-0.25, -0.2) is 4.39 Å². The highest BCUT2D eigenvalue weighted by Crippen LogP contribution is 2.31. The summed E-state index contributed by atoms with van der Waals surface area (Å²) in [5, 5.41) is 3.40. The molecular formula is C15H22FN. The standard InChI is InChI=1S/C15H22FN/c1-11-8-14(16)7-6-13(11)10-15(17-2)9-12-4-3-5-12/h6-8,12,15,17H,3-5,9-10H2,1-2H3. The number of benzene rings is 1. The summed E-state index contributed by atoms with van der Waals surface area (Å²) in [5.41, 5.74) is 2.34. The van der Waals surface area contributed by atoms with Gasteiger partial charge >= 0.3 is 0 Å². The van der Waals surface area contributed by atoms with Crippen LogP contribution in [-0.2, 0) is 6.42 Å². The van der Waals surface area contributed by atoms with Crippen LogP contribution in [0.15, 0.2) is 18.2 Å². The fraction of sp³-hybridized carbons (Fsp3) is 0.600. The number of nitrogens with one attached hydrogen (secondary N) is 1. The molecule has 0 spiro atoms. The molecule has 1 N–H and O–H groups in total. The average molecular weight is 235 g/mol. The van der Waals surface area contributed by atoms with Crippen LogP contribution >= 0.6 is 0 Å². The maximum Gasteiger partial charge on any atom is 0.123 e. The Bertz CT molecular complexity index is 371. The van der Waals surface area contributed by atoms with Crippen molar-refractivity contribution in [2.24, 2.45) is 5.92 Å². The molecule has 0 aliphatic heterocycles. The zero-order valence-corrected chi connectivity index (χ0v) is 10.8. The summed E-state index contributed by atoms with van der Waals surface area (Å²) in [6, 6.07) is 5.66. The summed E-state index contributed by atoms with van der Waals surface area (Å²) in [6.07, 6.45) is 6.45. The van der Waals surface area contributed by atoms with E-state index in [-0.39, 0.29) is 5.82 Å². The number of likely N-dealkylation sites (N-methyl/N-ethyl adjacent to an activating group) is 1. The molecule has 0 radical (unpaired) electrons. The smallest absolute Gasteiger partial charge is 0.123 e. The van der Waals surface area contributed by atoms with Crippen molar-refractivity contribution in [3.8, 4) is 0 Å². The lowest BCUT2D eigenvalue weighted by Crippen LogP contribution is -2.32. The van der Waals surface area contributed by atoms with Crippen molar-refractivity contribution in [2.45, 2.75) is 45.1 Å². The van der Waals surface area contributed by atoms with Gasteiger partial charge in [0.25, 0.3) is 0 Å². The average Bonchev–Trinajstić information content (AvgIpc) is 2.24. The lowest BCUT2D eigenvalue weighted by atomic mass is 9.79. The minimum Gasteiger partial charge on any atom is -0.317 e. The first-order chi connectivity index (χ1) is 8.19. The summed E-state index contributed by atoms with van der Waals surface area (Å²) in [5.74, 6) is 0.777. The van der Waals surface area contributed by atoms with E-state index >= 15 is 0 Å². The van der Waals surface area contributed by atoms with Crippen molar-refractivity contribution in [1.82, 2.24) is 5.32 Å². The van der Waals surface area contributed by atoms with Gasteiger partial charge < -0.3 is 5.32 Å². The van der Waals surface area contributed by atoms with E-state index in [9.17, 15) is 4.39 Å². The predicted molar refractivity (Wildman–Crippen MR) is 69.6 cm³/mol.